The number of hydrogen-bond donors (Lipinski definition) is 1. The molecule has 1 fully saturated rings. The van der Waals surface area contributed by atoms with Crippen LogP contribution in [0.15, 0.2) is 0 Å². The molecule has 5 heteroatoms. The number of imide groups is 1. The van der Waals surface area contributed by atoms with Crippen molar-refractivity contribution in [2.75, 3.05) is 19.8 Å². The van der Waals surface area contributed by atoms with Crippen LogP contribution in [0.5, 0.6) is 0 Å². The molecule has 25 heavy (non-hydrogen) atoms. The average molecular weight is 354 g/mol. The molecule has 1 heterocycles. The Morgan fingerprint density at radius 2 is 1.32 bits per heavy atom. The molecule has 146 valence electrons. The summed E-state index contributed by atoms with van der Waals surface area (Å²) in [6, 6.07) is -0.253. The van der Waals surface area contributed by atoms with Crippen molar-refractivity contribution < 1.29 is 9.59 Å². The SMILES string of the molecule is CCCCCCCN(CCCCCCC)CN1C(=O)NC(C)(C)C1=O. The topological polar surface area (TPSA) is 52.6 Å². The van der Waals surface area contributed by atoms with Gasteiger partial charge in [-0.05, 0) is 39.8 Å². The highest BCUT2D eigenvalue weighted by atomic mass is 16.2. The fraction of sp³-hybridized carbons (Fsp3) is 0.900. The Morgan fingerprint density at radius 1 is 0.840 bits per heavy atom. The molecule has 1 rings (SSSR count). The van der Waals surface area contributed by atoms with E-state index in [4.69, 9.17) is 0 Å². The third kappa shape index (κ3) is 7.76. The molecule has 5 nitrogen and oxygen atoms in total. The second kappa shape index (κ2) is 11.5. The summed E-state index contributed by atoms with van der Waals surface area (Å²) in [5, 5.41) is 2.78. The van der Waals surface area contributed by atoms with E-state index in [0.29, 0.717) is 6.67 Å². The lowest BCUT2D eigenvalue weighted by molar-refractivity contribution is -0.131. The highest BCUT2D eigenvalue weighted by Crippen LogP contribution is 2.17. The molecule has 0 aromatic heterocycles. The maximum atomic E-state index is 12.4. The molecule has 1 saturated heterocycles. The van der Waals surface area contributed by atoms with E-state index in [0.717, 1.165) is 25.9 Å². The molecule has 0 aliphatic carbocycles. The first-order chi connectivity index (χ1) is 11.9. The molecular weight excluding hydrogens is 314 g/mol. The van der Waals surface area contributed by atoms with Gasteiger partial charge in [-0.2, -0.15) is 0 Å². The van der Waals surface area contributed by atoms with E-state index in [1.807, 2.05) is 0 Å². The average Bonchev–Trinajstić information content (AvgIpc) is 2.75. The molecule has 0 unspecified atom stereocenters. The summed E-state index contributed by atoms with van der Waals surface area (Å²) in [5.41, 5.74) is -0.773. The van der Waals surface area contributed by atoms with Gasteiger partial charge in [0.1, 0.15) is 5.54 Å². The number of carbonyl (C=O) groups excluding carboxylic acids is 2. The summed E-state index contributed by atoms with van der Waals surface area (Å²) in [5.74, 6) is -0.112. The van der Waals surface area contributed by atoms with Gasteiger partial charge in [0, 0.05) is 0 Å². The van der Waals surface area contributed by atoms with Crippen molar-refractivity contribution in [1.29, 1.82) is 0 Å². The van der Waals surface area contributed by atoms with Crippen LogP contribution >= 0.6 is 0 Å². The first-order valence-corrected chi connectivity index (χ1v) is 10.3. The Balaban J connectivity index is 2.48. The lowest BCUT2D eigenvalue weighted by atomic mass is 10.1. The molecule has 1 aliphatic heterocycles. The molecule has 0 atom stereocenters. The Labute approximate surface area is 154 Å². The molecular formula is C20H39N3O2. The van der Waals surface area contributed by atoms with Crippen LogP contribution in [0.3, 0.4) is 0 Å². The predicted octanol–water partition coefficient (Wildman–Crippen LogP) is 4.52. The Kier molecular flexibility index (Phi) is 10.1. The quantitative estimate of drug-likeness (QED) is 0.369. The number of nitrogens with one attached hydrogen (secondary N) is 1. The Bertz CT molecular complexity index is 396. The summed E-state index contributed by atoms with van der Waals surface area (Å²) in [6.07, 6.45) is 12.4. The number of amides is 3. The van der Waals surface area contributed by atoms with Gasteiger partial charge >= 0.3 is 6.03 Å². The molecule has 0 saturated carbocycles. The summed E-state index contributed by atoms with van der Waals surface area (Å²) >= 11 is 0. The van der Waals surface area contributed by atoms with Crippen LogP contribution in [0.4, 0.5) is 4.79 Å². The van der Waals surface area contributed by atoms with Crippen LogP contribution in [0.2, 0.25) is 0 Å². The zero-order chi connectivity index (χ0) is 18.7. The number of carbonyl (C=O) groups is 2. The summed E-state index contributed by atoms with van der Waals surface area (Å²) in [7, 11) is 0. The van der Waals surface area contributed by atoms with E-state index < -0.39 is 5.54 Å². The fourth-order valence-electron chi connectivity index (χ4n) is 3.28. The van der Waals surface area contributed by atoms with Gasteiger partial charge in [-0.3, -0.25) is 9.69 Å². The smallest absolute Gasteiger partial charge is 0.324 e. The van der Waals surface area contributed by atoms with Crippen molar-refractivity contribution in [3.63, 3.8) is 0 Å². The first kappa shape index (κ1) is 21.9. The van der Waals surface area contributed by atoms with E-state index in [9.17, 15) is 9.59 Å². The number of urea groups is 1. The summed E-state index contributed by atoms with van der Waals surface area (Å²) in [4.78, 5) is 28.2. The van der Waals surface area contributed by atoms with Crippen LogP contribution in [-0.2, 0) is 4.79 Å². The highest BCUT2D eigenvalue weighted by molar-refractivity contribution is 6.06. The maximum Gasteiger partial charge on any atom is 0.326 e. The highest BCUT2D eigenvalue weighted by Gasteiger charge is 2.44. The maximum absolute atomic E-state index is 12.4. The second-order valence-corrected chi connectivity index (χ2v) is 7.88. The van der Waals surface area contributed by atoms with Crippen molar-refractivity contribution in [2.24, 2.45) is 0 Å². The Morgan fingerprint density at radius 3 is 1.72 bits per heavy atom. The van der Waals surface area contributed by atoms with Gasteiger partial charge in [0.15, 0.2) is 0 Å². The number of nitrogens with zero attached hydrogens (tertiary/aromatic N) is 2. The van der Waals surface area contributed by atoms with Crippen molar-refractivity contribution in [1.82, 2.24) is 15.1 Å². The van der Waals surface area contributed by atoms with Crippen LogP contribution in [0.25, 0.3) is 0 Å². The number of hydrogen-bond acceptors (Lipinski definition) is 3. The van der Waals surface area contributed by atoms with Crippen LogP contribution in [0, 0.1) is 0 Å². The lowest BCUT2D eigenvalue weighted by Crippen LogP contribution is -2.44. The van der Waals surface area contributed by atoms with Crippen molar-refractivity contribution in [2.45, 2.75) is 97.4 Å². The zero-order valence-electron chi connectivity index (χ0n) is 16.9. The molecule has 0 spiro atoms. The van der Waals surface area contributed by atoms with E-state index in [1.54, 1.807) is 13.8 Å². The second-order valence-electron chi connectivity index (χ2n) is 7.88. The normalized spacial score (nSPS) is 16.8. The lowest BCUT2D eigenvalue weighted by Gasteiger charge is -2.27. The van der Waals surface area contributed by atoms with Gasteiger partial charge in [-0.15, -0.1) is 0 Å². The van der Waals surface area contributed by atoms with Crippen LogP contribution < -0.4 is 5.32 Å². The predicted molar refractivity (Wildman–Crippen MR) is 103 cm³/mol. The largest absolute Gasteiger partial charge is 0.326 e. The van der Waals surface area contributed by atoms with Crippen LogP contribution in [-0.4, -0.2) is 47.0 Å². The van der Waals surface area contributed by atoms with Gasteiger partial charge in [-0.25, -0.2) is 9.69 Å². The minimum absolute atomic E-state index is 0.112. The minimum Gasteiger partial charge on any atom is -0.324 e. The number of rotatable bonds is 14. The molecule has 1 aliphatic rings. The van der Waals surface area contributed by atoms with E-state index >= 15 is 0 Å². The third-order valence-corrected chi connectivity index (χ3v) is 4.94. The van der Waals surface area contributed by atoms with Crippen molar-refractivity contribution >= 4 is 11.9 Å². The van der Waals surface area contributed by atoms with Gasteiger partial charge in [-0.1, -0.05) is 65.2 Å². The fourth-order valence-corrected chi connectivity index (χ4v) is 3.28. The van der Waals surface area contributed by atoms with Gasteiger partial charge in [0.2, 0.25) is 0 Å². The van der Waals surface area contributed by atoms with Gasteiger partial charge in [0.25, 0.3) is 5.91 Å². The van der Waals surface area contributed by atoms with Gasteiger partial charge < -0.3 is 5.32 Å². The monoisotopic (exact) mass is 353 g/mol. The van der Waals surface area contributed by atoms with Crippen molar-refractivity contribution in [3.8, 4) is 0 Å². The molecule has 0 bridgehead atoms. The van der Waals surface area contributed by atoms with Gasteiger partial charge in [0.05, 0.1) is 6.67 Å². The Hall–Kier alpha value is -1.10. The van der Waals surface area contributed by atoms with E-state index in [2.05, 4.69) is 24.1 Å². The standard InChI is InChI=1S/C20H39N3O2/c1-5-7-9-11-13-15-22(16-14-12-10-8-6-2)17-23-18(24)20(3,4)21-19(23)25/h5-17H2,1-4H3,(H,21,25). The summed E-state index contributed by atoms with van der Waals surface area (Å²) < 4.78 is 0. The molecule has 3 amide bonds. The minimum atomic E-state index is -0.773. The van der Waals surface area contributed by atoms with Crippen LogP contribution in [0.1, 0.15) is 91.9 Å². The molecule has 1 N–H and O–H groups in total. The molecule has 0 radical (unpaired) electrons. The third-order valence-electron chi connectivity index (χ3n) is 4.94. The van der Waals surface area contributed by atoms with E-state index in [-0.39, 0.29) is 11.9 Å². The molecule has 0 aromatic carbocycles. The first-order valence-electron chi connectivity index (χ1n) is 10.3. The summed E-state index contributed by atoms with van der Waals surface area (Å²) in [6.45, 7) is 10.4. The zero-order valence-corrected chi connectivity index (χ0v) is 16.9. The molecule has 0 aromatic rings. The van der Waals surface area contributed by atoms with Crippen molar-refractivity contribution in [3.05, 3.63) is 0 Å². The van der Waals surface area contributed by atoms with E-state index in [1.165, 1.54) is 56.3 Å². The number of unbranched alkanes of at least 4 members (excludes halogenated alkanes) is 8.